The molecule has 0 amide bonds. The number of aliphatic hydroxyl groups excluding tert-OH is 1. The summed E-state index contributed by atoms with van der Waals surface area (Å²) < 4.78 is 6.01. The third-order valence-electron chi connectivity index (χ3n) is 11.5. The van der Waals surface area contributed by atoms with Crippen molar-refractivity contribution in [2.24, 2.45) is 45.3 Å². The van der Waals surface area contributed by atoms with Crippen molar-refractivity contribution >= 4 is 11.8 Å². The number of carbonyl (C=O) groups is 2. The molecule has 1 aliphatic heterocycles. The minimum absolute atomic E-state index is 0.110. The van der Waals surface area contributed by atoms with E-state index in [4.69, 9.17) is 4.74 Å². The predicted molar refractivity (Wildman–Crippen MR) is 134 cm³/mol. The van der Waals surface area contributed by atoms with Crippen LogP contribution in [0.2, 0.25) is 0 Å². The summed E-state index contributed by atoms with van der Waals surface area (Å²) in [6.45, 7) is 14.6. The maximum atomic E-state index is 13.8. The lowest BCUT2D eigenvalue weighted by Crippen LogP contribution is -2.60. The second-order valence-electron chi connectivity index (χ2n) is 14.3. The zero-order valence-corrected chi connectivity index (χ0v) is 22.6. The van der Waals surface area contributed by atoms with Gasteiger partial charge in [-0.1, -0.05) is 52.3 Å². The number of allylic oxidation sites excluding steroid dienone is 3. The van der Waals surface area contributed by atoms with Gasteiger partial charge in [0.05, 0.1) is 17.6 Å². The van der Waals surface area contributed by atoms with Gasteiger partial charge in [0.2, 0.25) is 0 Å². The van der Waals surface area contributed by atoms with Crippen molar-refractivity contribution in [1.29, 1.82) is 0 Å². The zero-order valence-electron chi connectivity index (χ0n) is 22.6. The number of rotatable bonds is 3. The lowest BCUT2D eigenvalue weighted by atomic mass is 9.40. The molecule has 4 aliphatic carbocycles. The molecule has 0 aromatic heterocycles. The number of ether oxygens (including phenoxy) is 1. The van der Waals surface area contributed by atoms with E-state index in [1.54, 1.807) is 19.9 Å². The monoisotopic (exact) mass is 484 g/mol. The van der Waals surface area contributed by atoms with Crippen LogP contribution in [0.25, 0.3) is 0 Å². The molecule has 194 valence electrons. The second kappa shape index (κ2) is 7.54. The topological polar surface area (TPSA) is 83.8 Å². The standard InChI is InChI=1S/C30H44O5/c1-26(2,34)12-8-9-17-23-21(35-25(17)33)16-30(7)19-15-20(31)24-27(3,4)22(32)11-13-28(24,5)18(19)10-14-29(23,30)6/h8,12,15,17-18,21-24,32,34H,9-11,13-14,16H2,1-7H3/b12-8+/t17-,18+,21+,22+,23-,24+,28-,29+,30-/m1/s1. The van der Waals surface area contributed by atoms with Crippen molar-refractivity contribution in [2.75, 3.05) is 0 Å². The van der Waals surface area contributed by atoms with Crippen molar-refractivity contribution in [3.05, 3.63) is 23.8 Å². The number of carbonyl (C=O) groups excluding carboxylic acids is 2. The number of aliphatic hydroxyl groups is 2. The van der Waals surface area contributed by atoms with Crippen LogP contribution >= 0.6 is 0 Å². The lowest BCUT2D eigenvalue weighted by molar-refractivity contribution is -0.158. The van der Waals surface area contributed by atoms with Crippen molar-refractivity contribution in [3.8, 4) is 0 Å². The first-order chi connectivity index (χ1) is 16.1. The minimum atomic E-state index is -0.908. The van der Waals surface area contributed by atoms with Crippen LogP contribution in [-0.4, -0.2) is 39.8 Å². The molecule has 4 fully saturated rings. The van der Waals surface area contributed by atoms with E-state index in [0.29, 0.717) is 12.3 Å². The van der Waals surface area contributed by atoms with Crippen molar-refractivity contribution in [1.82, 2.24) is 0 Å². The van der Waals surface area contributed by atoms with Crippen LogP contribution in [0.3, 0.4) is 0 Å². The highest BCUT2D eigenvalue weighted by Gasteiger charge is 2.71. The Morgan fingerprint density at radius 3 is 2.46 bits per heavy atom. The average molecular weight is 485 g/mol. The summed E-state index contributed by atoms with van der Waals surface area (Å²) in [5.74, 6) is 0.103. The van der Waals surface area contributed by atoms with Gasteiger partial charge in [-0.2, -0.15) is 0 Å². The first kappa shape index (κ1) is 25.2. The summed E-state index contributed by atoms with van der Waals surface area (Å²) in [5.41, 5.74) is -0.557. The third kappa shape index (κ3) is 3.32. The van der Waals surface area contributed by atoms with Gasteiger partial charge in [0, 0.05) is 17.3 Å². The van der Waals surface area contributed by atoms with E-state index in [9.17, 15) is 19.8 Å². The summed E-state index contributed by atoms with van der Waals surface area (Å²) in [6, 6.07) is 0. The lowest BCUT2D eigenvalue weighted by Gasteiger charge is -2.63. The van der Waals surface area contributed by atoms with Gasteiger partial charge < -0.3 is 14.9 Å². The van der Waals surface area contributed by atoms with Crippen LogP contribution in [0.1, 0.15) is 87.0 Å². The first-order valence-corrected chi connectivity index (χ1v) is 13.6. The highest BCUT2D eigenvalue weighted by Crippen LogP contribution is 2.74. The smallest absolute Gasteiger partial charge is 0.309 e. The fourth-order valence-electron chi connectivity index (χ4n) is 9.62. The maximum Gasteiger partial charge on any atom is 0.309 e. The number of ketones is 1. The molecule has 35 heavy (non-hydrogen) atoms. The summed E-state index contributed by atoms with van der Waals surface area (Å²) in [5, 5.41) is 20.9. The van der Waals surface area contributed by atoms with E-state index in [0.717, 1.165) is 32.1 Å². The quantitative estimate of drug-likeness (QED) is 0.435. The van der Waals surface area contributed by atoms with Gasteiger partial charge >= 0.3 is 5.97 Å². The van der Waals surface area contributed by atoms with Crippen molar-refractivity contribution in [3.63, 3.8) is 0 Å². The molecule has 5 heteroatoms. The van der Waals surface area contributed by atoms with Crippen LogP contribution in [0.4, 0.5) is 0 Å². The Bertz CT molecular complexity index is 1000. The van der Waals surface area contributed by atoms with Crippen LogP contribution < -0.4 is 0 Å². The molecular formula is C30H44O5. The molecule has 0 radical (unpaired) electrons. The molecular weight excluding hydrogens is 440 g/mol. The zero-order chi connectivity index (χ0) is 25.8. The van der Waals surface area contributed by atoms with E-state index >= 15 is 0 Å². The summed E-state index contributed by atoms with van der Waals surface area (Å²) in [7, 11) is 0. The molecule has 3 saturated carbocycles. The molecule has 0 aromatic rings. The number of fused-ring (bicyclic) bond motifs is 7. The molecule has 0 aromatic carbocycles. The van der Waals surface area contributed by atoms with Gasteiger partial charge in [-0.3, -0.25) is 9.59 Å². The Labute approximate surface area is 210 Å². The second-order valence-corrected chi connectivity index (χ2v) is 14.3. The van der Waals surface area contributed by atoms with E-state index in [1.165, 1.54) is 5.57 Å². The molecule has 5 rings (SSSR count). The van der Waals surface area contributed by atoms with Gasteiger partial charge in [-0.05, 0) is 80.6 Å². The Kier molecular flexibility index (Phi) is 5.43. The third-order valence-corrected chi connectivity index (χ3v) is 11.5. The Morgan fingerprint density at radius 1 is 1.11 bits per heavy atom. The average Bonchev–Trinajstić information content (AvgIpc) is 3.14. The molecule has 1 heterocycles. The van der Waals surface area contributed by atoms with Gasteiger partial charge in [-0.15, -0.1) is 0 Å². The molecule has 1 saturated heterocycles. The largest absolute Gasteiger partial charge is 0.462 e. The Hall–Kier alpha value is -1.46. The van der Waals surface area contributed by atoms with Crippen LogP contribution in [0.15, 0.2) is 23.8 Å². The Morgan fingerprint density at radius 2 is 1.80 bits per heavy atom. The SMILES string of the molecule is CC(C)(O)/C=C/C[C@H]1C(=O)O[C@H]2C[C@]3(C)C4=CC(=O)[C@H]5C(C)(C)[C@@H](O)CC[C@]5(C)[C@H]4CC[C@@]3(C)[C@@H]21. The van der Waals surface area contributed by atoms with Crippen LogP contribution in [0, 0.1) is 45.3 Å². The number of hydrogen-bond donors (Lipinski definition) is 2. The van der Waals surface area contributed by atoms with Crippen molar-refractivity contribution < 1.29 is 24.5 Å². The van der Waals surface area contributed by atoms with Crippen molar-refractivity contribution in [2.45, 2.75) is 105 Å². The molecule has 0 spiro atoms. The fourth-order valence-corrected chi connectivity index (χ4v) is 9.62. The van der Waals surface area contributed by atoms with Crippen LogP contribution in [0.5, 0.6) is 0 Å². The van der Waals surface area contributed by atoms with E-state index in [2.05, 4.69) is 34.6 Å². The van der Waals surface area contributed by atoms with Gasteiger partial charge in [-0.25, -0.2) is 0 Å². The molecule has 0 bridgehead atoms. The number of esters is 1. The van der Waals surface area contributed by atoms with Gasteiger partial charge in [0.15, 0.2) is 5.78 Å². The normalized spacial score (nSPS) is 48.7. The maximum absolute atomic E-state index is 13.8. The number of hydrogen-bond acceptors (Lipinski definition) is 5. The van der Waals surface area contributed by atoms with Gasteiger partial charge in [0.1, 0.15) is 6.10 Å². The molecule has 2 N–H and O–H groups in total. The van der Waals surface area contributed by atoms with Gasteiger partial charge in [0.25, 0.3) is 0 Å². The predicted octanol–water partition coefficient (Wildman–Crippen LogP) is 5.00. The minimum Gasteiger partial charge on any atom is -0.462 e. The summed E-state index contributed by atoms with van der Waals surface area (Å²) >= 11 is 0. The molecule has 5 aliphatic rings. The summed E-state index contributed by atoms with van der Waals surface area (Å²) in [4.78, 5) is 26.7. The van der Waals surface area contributed by atoms with Crippen LogP contribution in [-0.2, 0) is 14.3 Å². The summed E-state index contributed by atoms with van der Waals surface area (Å²) in [6.07, 6.45) is 10.1. The molecule has 9 atom stereocenters. The first-order valence-electron chi connectivity index (χ1n) is 13.6. The highest BCUT2D eigenvalue weighted by atomic mass is 16.6. The van der Waals surface area contributed by atoms with E-state index < -0.39 is 17.1 Å². The van der Waals surface area contributed by atoms with E-state index in [-0.39, 0.29) is 51.9 Å². The Balaban J connectivity index is 1.52. The molecule has 0 unspecified atom stereocenters. The fraction of sp³-hybridized carbons (Fsp3) is 0.800. The van der Waals surface area contributed by atoms with E-state index in [1.807, 2.05) is 12.2 Å². The molecule has 5 nitrogen and oxygen atoms in total. The highest BCUT2D eigenvalue weighted by molar-refractivity contribution is 5.95.